The Morgan fingerprint density at radius 1 is 1.23 bits per heavy atom. The van der Waals surface area contributed by atoms with Crippen LogP contribution in [0.4, 0.5) is 11.4 Å². The predicted octanol–water partition coefficient (Wildman–Crippen LogP) is 0.678. The molecule has 1 saturated heterocycles. The van der Waals surface area contributed by atoms with Gasteiger partial charge >= 0.3 is 0 Å². The fraction of sp³-hybridized carbons (Fsp3) is 0.400. The monoisotopic (exact) mass is 177 g/mol. The number of nitrogens with one attached hydrogen (secondary N) is 1. The lowest BCUT2D eigenvalue weighted by Gasteiger charge is -2.29. The zero-order valence-electron chi connectivity index (χ0n) is 7.66. The number of nitrogen functional groups attached to an aromatic ring is 1. The van der Waals surface area contributed by atoms with E-state index >= 15 is 0 Å². The Bertz CT molecular complexity index is 279. The van der Waals surface area contributed by atoms with Crippen molar-refractivity contribution in [3.05, 3.63) is 24.3 Å². The predicted molar refractivity (Wildman–Crippen MR) is 55.9 cm³/mol. The first-order valence-corrected chi connectivity index (χ1v) is 4.67. The molecule has 70 valence electrons. The van der Waals surface area contributed by atoms with Gasteiger partial charge in [-0.2, -0.15) is 0 Å². The minimum absolute atomic E-state index is 0.844. The standard InChI is InChI=1S/C10H15N3/c11-9-2-1-3-10(8-9)13-6-4-12-5-7-13/h1-3,8,12H,4-7,11H2. The average Bonchev–Trinajstić information content (AvgIpc) is 2.19. The van der Waals surface area contributed by atoms with E-state index in [-0.39, 0.29) is 0 Å². The number of anilines is 2. The van der Waals surface area contributed by atoms with Crippen LogP contribution < -0.4 is 16.0 Å². The zero-order valence-corrected chi connectivity index (χ0v) is 7.66. The van der Waals surface area contributed by atoms with Crippen molar-refractivity contribution in [3.8, 4) is 0 Å². The summed E-state index contributed by atoms with van der Waals surface area (Å²) in [6.45, 7) is 4.27. The molecular weight excluding hydrogens is 162 g/mol. The Labute approximate surface area is 78.5 Å². The maximum absolute atomic E-state index is 5.72. The van der Waals surface area contributed by atoms with E-state index in [1.165, 1.54) is 5.69 Å². The molecule has 0 amide bonds. The second kappa shape index (κ2) is 3.66. The molecule has 3 nitrogen and oxygen atoms in total. The van der Waals surface area contributed by atoms with Crippen molar-refractivity contribution >= 4 is 11.4 Å². The molecule has 1 aliphatic rings. The highest BCUT2D eigenvalue weighted by molar-refractivity contribution is 5.56. The van der Waals surface area contributed by atoms with Gasteiger partial charge in [0.2, 0.25) is 0 Å². The van der Waals surface area contributed by atoms with E-state index < -0.39 is 0 Å². The number of piperazine rings is 1. The van der Waals surface area contributed by atoms with E-state index in [9.17, 15) is 0 Å². The third kappa shape index (κ3) is 1.92. The zero-order chi connectivity index (χ0) is 9.10. The van der Waals surface area contributed by atoms with Crippen LogP contribution >= 0.6 is 0 Å². The first kappa shape index (κ1) is 8.38. The summed E-state index contributed by atoms with van der Waals surface area (Å²) in [5.41, 5.74) is 7.80. The Balaban J connectivity index is 2.14. The van der Waals surface area contributed by atoms with E-state index in [0.717, 1.165) is 31.9 Å². The highest BCUT2D eigenvalue weighted by Crippen LogP contribution is 2.17. The summed E-state index contributed by atoms with van der Waals surface area (Å²) >= 11 is 0. The summed E-state index contributed by atoms with van der Waals surface area (Å²) in [5.74, 6) is 0. The lowest BCUT2D eigenvalue weighted by atomic mass is 10.2. The highest BCUT2D eigenvalue weighted by Gasteiger charge is 2.09. The van der Waals surface area contributed by atoms with Crippen molar-refractivity contribution < 1.29 is 0 Å². The van der Waals surface area contributed by atoms with Crippen LogP contribution in [0.15, 0.2) is 24.3 Å². The molecule has 0 saturated carbocycles. The molecule has 0 unspecified atom stereocenters. The lowest BCUT2D eigenvalue weighted by molar-refractivity contribution is 0.589. The van der Waals surface area contributed by atoms with Gasteiger partial charge in [0.15, 0.2) is 0 Å². The van der Waals surface area contributed by atoms with Gasteiger partial charge in [-0.05, 0) is 18.2 Å². The SMILES string of the molecule is Nc1cccc(N2CCNCC2)c1. The quantitative estimate of drug-likeness (QED) is 0.620. The van der Waals surface area contributed by atoms with Crippen molar-refractivity contribution in [2.45, 2.75) is 0 Å². The summed E-state index contributed by atoms with van der Waals surface area (Å²) in [5, 5.41) is 3.33. The Morgan fingerprint density at radius 2 is 2.00 bits per heavy atom. The molecule has 0 atom stereocenters. The molecule has 0 bridgehead atoms. The molecule has 3 heteroatoms. The molecule has 1 fully saturated rings. The van der Waals surface area contributed by atoms with Gasteiger partial charge < -0.3 is 16.0 Å². The maximum Gasteiger partial charge on any atom is 0.0387 e. The van der Waals surface area contributed by atoms with E-state index in [2.05, 4.69) is 16.3 Å². The highest BCUT2D eigenvalue weighted by atomic mass is 15.2. The van der Waals surface area contributed by atoms with Crippen molar-refractivity contribution in [1.82, 2.24) is 5.32 Å². The number of rotatable bonds is 1. The number of benzene rings is 1. The van der Waals surface area contributed by atoms with Crippen molar-refractivity contribution in [1.29, 1.82) is 0 Å². The fourth-order valence-electron chi connectivity index (χ4n) is 1.64. The smallest absolute Gasteiger partial charge is 0.0387 e. The Kier molecular flexibility index (Phi) is 2.36. The Hall–Kier alpha value is -1.22. The van der Waals surface area contributed by atoms with E-state index in [1.807, 2.05) is 18.2 Å². The van der Waals surface area contributed by atoms with Crippen LogP contribution in [-0.4, -0.2) is 26.2 Å². The molecule has 3 N–H and O–H groups in total. The van der Waals surface area contributed by atoms with Crippen LogP contribution in [0.2, 0.25) is 0 Å². The topological polar surface area (TPSA) is 41.3 Å². The van der Waals surface area contributed by atoms with E-state index in [0.29, 0.717) is 0 Å². The molecule has 13 heavy (non-hydrogen) atoms. The van der Waals surface area contributed by atoms with Gasteiger partial charge in [-0.15, -0.1) is 0 Å². The largest absolute Gasteiger partial charge is 0.399 e. The molecule has 1 aromatic carbocycles. The second-order valence-corrected chi connectivity index (χ2v) is 3.33. The molecule has 1 aliphatic heterocycles. The van der Waals surface area contributed by atoms with Crippen LogP contribution in [0.5, 0.6) is 0 Å². The number of hydrogen-bond donors (Lipinski definition) is 2. The Morgan fingerprint density at radius 3 is 2.69 bits per heavy atom. The lowest BCUT2D eigenvalue weighted by Crippen LogP contribution is -2.43. The molecule has 0 radical (unpaired) electrons. The van der Waals surface area contributed by atoms with Gasteiger partial charge in [-0.1, -0.05) is 6.07 Å². The molecule has 1 heterocycles. The average molecular weight is 177 g/mol. The van der Waals surface area contributed by atoms with Crippen LogP contribution in [0.1, 0.15) is 0 Å². The normalized spacial score (nSPS) is 17.4. The minimum atomic E-state index is 0.844. The van der Waals surface area contributed by atoms with Crippen molar-refractivity contribution in [2.75, 3.05) is 36.8 Å². The van der Waals surface area contributed by atoms with Crippen LogP contribution in [0, 0.1) is 0 Å². The molecule has 0 aliphatic carbocycles. The summed E-state index contributed by atoms with van der Waals surface area (Å²) in [6.07, 6.45) is 0. The number of nitrogens with zero attached hydrogens (tertiary/aromatic N) is 1. The van der Waals surface area contributed by atoms with Crippen molar-refractivity contribution in [2.24, 2.45) is 0 Å². The fourth-order valence-corrected chi connectivity index (χ4v) is 1.64. The van der Waals surface area contributed by atoms with E-state index in [4.69, 9.17) is 5.73 Å². The van der Waals surface area contributed by atoms with Gasteiger partial charge in [0, 0.05) is 37.6 Å². The third-order valence-electron chi connectivity index (χ3n) is 2.35. The van der Waals surface area contributed by atoms with Crippen LogP contribution in [0.25, 0.3) is 0 Å². The molecule has 0 aromatic heterocycles. The maximum atomic E-state index is 5.72. The van der Waals surface area contributed by atoms with Gasteiger partial charge in [0.05, 0.1) is 0 Å². The minimum Gasteiger partial charge on any atom is -0.399 e. The van der Waals surface area contributed by atoms with Crippen LogP contribution in [-0.2, 0) is 0 Å². The van der Waals surface area contributed by atoms with Gasteiger partial charge in [-0.3, -0.25) is 0 Å². The molecule has 1 aromatic rings. The second-order valence-electron chi connectivity index (χ2n) is 3.33. The van der Waals surface area contributed by atoms with Crippen LogP contribution in [0.3, 0.4) is 0 Å². The molecular formula is C10H15N3. The first-order chi connectivity index (χ1) is 6.36. The number of nitrogens with two attached hydrogens (primary N) is 1. The summed E-state index contributed by atoms with van der Waals surface area (Å²) in [6, 6.07) is 8.07. The van der Waals surface area contributed by atoms with Gasteiger partial charge in [0.25, 0.3) is 0 Å². The molecule has 2 rings (SSSR count). The number of hydrogen-bond acceptors (Lipinski definition) is 3. The summed E-state index contributed by atoms with van der Waals surface area (Å²) < 4.78 is 0. The first-order valence-electron chi connectivity index (χ1n) is 4.67. The summed E-state index contributed by atoms with van der Waals surface area (Å²) in [7, 11) is 0. The molecule has 0 spiro atoms. The van der Waals surface area contributed by atoms with Gasteiger partial charge in [0.1, 0.15) is 0 Å². The summed E-state index contributed by atoms with van der Waals surface area (Å²) in [4.78, 5) is 2.35. The van der Waals surface area contributed by atoms with E-state index in [1.54, 1.807) is 0 Å². The van der Waals surface area contributed by atoms with Crippen molar-refractivity contribution in [3.63, 3.8) is 0 Å². The third-order valence-corrected chi connectivity index (χ3v) is 2.35. The van der Waals surface area contributed by atoms with Gasteiger partial charge in [-0.25, -0.2) is 0 Å².